The number of rotatable bonds is 2. The van der Waals surface area contributed by atoms with E-state index in [0.717, 1.165) is 10.6 Å². The largest absolute Gasteiger partial charge is 0.387 e. The molecule has 1 aliphatic heterocycles. The van der Waals surface area contributed by atoms with Crippen LogP contribution >= 0.6 is 0 Å². The number of aromatic nitrogens is 2. The van der Waals surface area contributed by atoms with Crippen LogP contribution in [-0.4, -0.2) is 48.3 Å². The van der Waals surface area contributed by atoms with Crippen LogP contribution in [0.2, 0.25) is 0 Å². The Morgan fingerprint density at radius 2 is 2.05 bits per heavy atom. The van der Waals surface area contributed by atoms with E-state index in [2.05, 4.69) is 4.98 Å². The van der Waals surface area contributed by atoms with Crippen LogP contribution in [0.3, 0.4) is 0 Å². The standard InChI is InChI=1S/C12H16N2O6/c1-11(18)7(16)8(12(19)3-4-12)20-9(11)14-5-2-6(15)13-10(14)17/h2,5,7-9,16,18-19H,3-4H2,1H3,(H,13,15,17)/t7?,8-,9+,11+/m0/s1. The second-order valence-corrected chi connectivity index (χ2v) is 5.70. The smallest absolute Gasteiger partial charge is 0.330 e. The number of aliphatic hydroxyl groups excluding tert-OH is 1. The topological polar surface area (TPSA) is 125 Å². The van der Waals surface area contributed by atoms with E-state index in [1.807, 2.05) is 0 Å². The number of aromatic amines is 1. The van der Waals surface area contributed by atoms with Crippen molar-refractivity contribution in [3.8, 4) is 0 Å². The molecule has 1 saturated heterocycles. The molecule has 0 amide bonds. The first kappa shape index (κ1) is 13.5. The number of nitrogens with one attached hydrogen (secondary N) is 1. The first-order chi connectivity index (χ1) is 9.25. The summed E-state index contributed by atoms with van der Waals surface area (Å²) in [4.78, 5) is 24.9. The second-order valence-electron chi connectivity index (χ2n) is 5.70. The SMILES string of the molecule is C[C@@]1(O)C(O)[C@@H](C2(O)CC2)O[C@H]1n1ccc(=O)[nH]c1=O. The predicted molar refractivity (Wildman–Crippen MR) is 66.0 cm³/mol. The van der Waals surface area contributed by atoms with Gasteiger partial charge in [-0.15, -0.1) is 0 Å². The van der Waals surface area contributed by atoms with E-state index in [9.17, 15) is 24.9 Å². The summed E-state index contributed by atoms with van der Waals surface area (Å²) in [6.07, 6.45) is -1.36. The summed E-state index contributed by atoms with van der Waals surface area (Å²) >= 11 is 0. The van der Waals surface area contributed by atoms with Crippen molar-refractivity contribution in [3.63, 3.8) is 0 Å². The zero-order valence-electron chi connectivity index (χ0n) is 10.8. The van der Waals surface area contributed by atoms with Crippen LogP contribution < -0.4 is 11.2 Å². The molecule has 2 heterocycles. The van der Waals surface area contributed by atoms with Gasteiger partial charge in [-0.05, 0) is 19.8 Å². The lowest BCUT2D eigenvalue weighted by atomic mass is 9.93. The lowest BCUT2D eigenvalue weighted by Crippen LogP contribution is -2.48. The van der Waals surface area contributed by atoms with Gasteiger partial charge in [0.1, 0.15) is 17.8 Å². The quantitative estimate of drug-likeness (QED) is 0.501. The average Bonchev–Trinajstić information content (AvgIpc) is 3.04. The van der Waals surface area contributed by atoms with Crippen molar-refractivity contribution in [2.45, 2.75) is 49.4 Å². The molecule has 0 radical (unpaired) electrons. The predicted octanol–water partition coefficient (Wildman–Crippen LogP) is -1.93. The van der Waals surface area contributed by atoms with Crippen molar-refractivity contribution in [3.05, 3.63) is 33.1 Å². The van der Waals surface area contributed by atoms with Crippen molar-refractivity contribution in [1.82, 2.24) is 9.55 Å². The van der Waals surface area contributed by atoms with Crippen molar-refractivity contribution < 1.29 is 20.1 Å². The Morgan fingerprint density at radius 1 is 1.40 bits per heavy atom. The minimum absolute atomic E-state index is 0.470. The third-order valence-electron chi connectivity index (χ3n) is 4.06. The van der Waals surface area contributed by atoms with Gasteiger partial charge in [0.05, 0.1) is 5.60 Å². The van der Waals surface area contributed by atoms with Crippen LogP contribution in [0.25, 0.3) is 0 Å². The molecule has 3 rings (SSSR count). The van der Waals surface area contributed by atoms with Crippen LogP contribution in [0.1, 0.15) is 26.0 Å². The summed E-state index contributed by atoms with van der Waals surface area (Å²) in [6, 6.07) is 1.12. The first-order valence-electron chi connectivity index (χ1n) is 6.35. The zero-order valence-corrected chi connectivity index (χ0v) is 10.8. The number of nitrogens with zero attached hydrogens (tertiary/aromatic N) is 1. The van der Waals surface area contributed by atoms with Gasteiger partial charge in [0.15, 0.2) is 6.23 Å². The molecule has 0 spiro atoms. The number of ether oxygens (including phenoxy) is 1. The highest BCUT2D eigenvalue weighted by atomic mass is 16.6. The molecule has 20 heavy (non-hydrogen) atoms. The van der Waals surface area contributed by atoms with Crippen LogP contribution in [0, 0.1) is 0 Å². The van der Waals surface area contributed by atoms with Crippen molar-refractivity contribution in [1.29, 1.82) is 0 Å². The van der Waals surface area contributed by atoms with E-state index in [1.54, 1.807) is 0 Å². The number of H-pyrrole nitrogens is 1. The Kier molecular flexibility index (Phi) is 2.71. The summed E-state index contributed by atoms with van der Waals surface area (Å²) < 4.78 is 6.51. The Balaban J connectivity index is 2.01. The fraction of sp³-hybridized carbons (Fsp3) is 0.667. The summed E-state index contributed by atoms with van der Waals surface area (Å²) in [7, 11) is 0. The molecule has 1 aromatic heterocycles. The summed E-state index contributed by atoms with van der Waals surface area (Å²) in [5, 5.41) is 30.6. The molecule has 110 valence electrons. The minimum Gasteiger partial charge on any atom is -0.387 e. The minimum atomic E-state index is -1.76. The summed E-state index contributed by atoms with van der Waals surface area (Å²) in [6.45, 7) is 1.33. The third-order valence-corrected chi connectivity index (χ3v) is 4.06. The molecule has 0 bridgehead atoms. The van der Waals surface area contributed by atoms with Gasteiger partial charge in [-0.2, -0.15) is 0 Å². The average molecular weight is 284 g/mol. The third kappa shape index (κ3) is 1.84. The lowest BCUT2D eigenvalue weighted by molar-refractivity contribution is -0.108. The molecule has 8 heteroatoms. The molecule has 8 nitrogen and oxygen atoms in total. The maximum atomic E-state index is 11.8. The van der Waals surface area contributed by atoms with E-state index in [-0.39, 0.29) is 0 Å². The molecule has 1 aromatic rings. The highest BCUT2D eigenvalue weighted by Gasteiger charge is 2.63. The van der Waals surface area contributed by atoms with Crippen molar-refractivity contribution >= 4 is 0 Å². The maximum Gasteiger partial charge on any atom is 0.330 e. The molecular formula is C12H16N2O6. The highest BCUT2D eigenvalue weighted by Crippen LogP contribution is 2.49. The number of aliphatic hydroxyl groups is 3. The molecule has 2 fully saturated rings. The molecule has 0 aromatic carbocycles. The maximum absolute atomic E-state index is 11.8. The summed E-state index contributed by atoms with van der Waals surface area (Å²) in [5.41, 5.74) is -4.24. The molecular weight excluding hydrogens is 268 g/mol. The van der Waals surface area contributed by atoms with Gasteiger partial charge in [0.2, 0.25) is 0 Å². The Hall–Kier alpha value is -1.48. The Morgan fingerprint density at radius 3 is 2.60 bits per heavy atom. The van der Waals surface area contributed by atoms with Gasteiger partial charge in [0, 0.05) is 12.3 Å². The molecule has 4 atom stereocenters. The van der Waals surface area contributed by atoms with Gasteiger partial charge < -0.3 is 20.1 Å². The second kappa shape index (κ2) is 4.01. The normalized spacial score (nSPS) is 38.9. The van der Waals surface area contributed by atoms with Crippen LogP contribution in [0.4, 0.5) is 0 Å². The van der Waals surface area contributed by atoms with Gasteiger partial charge in [-0.1, -0.05) is 0 Å². The first-order valence-corrected chi connectivity index (χ1v) is 6.35. The van der Waals surface area contributed by atoms with Gasteiger partial charge >= 0.3 is 5.69 Å². The van der Waals surface area contributed by atoms with Crippen LogP contribution in [0.15, 0.2) is 21.9 Å². The zero-order chi connectivity index (χ0) is 14.7. The molecule has 2 aliphatic rings. The van der Waals surface area contributed by atoms with Gasteiger partial charge in [-0.25, -0.2) is 4.79 Å². The summed E-state index contributed by atoms with van der Waals surface area (Å²) in [5.74, 6) is 0. The van der Waals surface area contributed by atoms with Crippen LogP contribution in [-0.2, 0) is 4.74 Å². The molecule has 1 aliphatic carbocycles. The van der Waals surface area contributed by atoms with E-state index >= 15 is 0 Å². The van der Waals surface area contributed by atoms with E-state index in [1.165, 1.54) is 13.1 Å². The molecule has 1 saturated carbocycles. The Labute approximate surface area is 113 Å². The highest BCUT2D eigenvalue weighted by molar-refractivity contribution is 5.12. The van der Waals surface area contributed by atoms with E-state index in [4.69, 9.17) is 4.74 Å². The Bertz CT molecular complexity index is 644. The van der Waals surface area contributed by atoms with Gasteiger partial charge in [-0.3, -0.25) is 14.3 Å². The van der Waals surface area contributed by atoms with Crippen LogP contribution in [0.5, 0.6) is 0 Å². The lowest BCUT2D eigenvalue weighted by Gasteiger charge is -2.27. The number of hydrogen-bond donors (Lipinski definition) is 4. The monoisotopic (exact) mass is 284 g/mol. The van der Waals surface area contributed by atoms with Gasteiger partial charge in [0.25, 0.3) is 5.56 Å². The van der Waals surface area contributed by atoms with Crippen molar-refractivity contribution in [2.75, 3.05) is 0 Å². The van der Waals surface area contributed by atoms with E-state index in [0.29, 0.717) is 12.8 Å². The fourth-order valence-electron chi connectivity index (χ4n) is 2.60. The van der Waals surface area contributed by atoms with E-state index < -0.39 is 40.9 Å². The molecule has 4 N–H and O–H groups in total. The molecule has 1 unspecified atom stereocenters. The fourth-order valence-corrected chi connectivity index (χ4v) is 2.60. The number of hydrogen-bond acceptors (Lipinski definition) is 6. The van der Waals surface area contributed by atoms with Crippen molar-refractivity contribution in [2.24, 2.45) is 0 Å².